The lowest BCUT2D eigenvalue weighted by Gasteiger charge is -2.09. The summed E-state index contributed by atoms with van der Waals surface area (Å²) in [5, 5.41) is 12.3. The van der Waals surface area contributed by atoms with Crippen molar-refractivity contribution < 1.29 is 14.6 Å². The predicted octanol–water partition coefficient (Wildman–Crippen LogP) is 4.15. The van der Waals surface area contributed by atoms with E-state index in [0.29, 0.717) is 12.0 Å². The maximum absolute atomic E-state index is 11.1. The Bertz CT molecular complexity index is 853. The highest BCUT2D eigenvalue weighted by molar-refractivity contribution is 5.83. The molecule has 0 spiro atoms. The molecule has 0 saturated heterocycles. The average Bonchev–Trinajstić information content (AvgIpc) is 2.60. The molecule has 3 aromatic rings. The van der Waals surface area contributed by atoms with Crippen LogP contribution in [0.2, 0.25) is 0 Å². The van der Waals surface area contributed by atoms with E-state index in [-0.39, 0.29) is 11.3 Å². The largest absolute Gasteiger partial charge is 0.504 e. The Kier molecular flexibility index (Phi) is 4.29. The number of hydrogen-bond acceptors (Lipinski definition) is 3. The van der Waals surface area contributed by atoms with E-state index in [2.05, 4.69) is 30.3 Å². The maximum atomic E-state index is 11.1. The first-order chi connectivity index (χ1) is 11.2. The number of aromatic hydroxyl groups is 1. The first-order valence-electron chi connectivity index (χ1n) is 7.54. The van der Waals surface area contributed by atoms with Crippen molar-refractivity contribution in [1.29, 1.82) is 0 Å². The zero-order valence-corrected chi connectivity index (χ0v) is 13.0. The standard InChI is InChI=1S/C20H18O3/c1-23-19-12-15(11-18(13-21)20(19)22)7-6-14-8-9-16-4-2-3-5-17(16)10-14/h2-5,8-13,22H,6-7H2,1H3. The number of aryl methyl sites for hydroxylation is 2. The first kappa shape index (κ1) is 15.1. The lowest BCUT2D eigenvalue weighted by molar-refractivity contribution is 0.112. The molecular formula is C20H18O3. The van der Waals surface area contributed by atoms with Crippen LogP contribution in [0.3, 0.4) is 0 Å². The third-order valence-corrected chi connectivity index (χ3v) is 4.03. The van der Waals surface area contributed by atoms with Crippen molar-refractivity contribution in [3.63, 3.8) is 0 Å². The number of benzene rings is 3. The molecule has 0 amide bonds. The van der Waals surface area contributed by atoms with E-state index in [4.69, 9.17) is 4.74 Å². The second-order valence-corrected chi connectivity index (χ2v) is 5.54. The summed E-state index contributed by atoms with van der Waals surface area (Å²) in [7, 11) is 1.48. The van der Waals surface area contributed by atoms with E-state index >= 15 is 0 Å². The zero-order valence-electron chi connectivity index (χ0n) is 13.0. The average molecular weight is 306 g/mol. The Morgan fingerprint density at radius 3 is 2.43 bits per heavy atom. The fraction of sp³-hybridized carbons (Fsp3) is 0.150. The second-order valence-electron chi connectivity index (χ2n) is 5.54. The van der Waals surface area contributed by atoms with Crippen molar-refractivity contribution in [2.45, 2.75) is 12.8 Å². The summed E-state index contributed by atoms with van der Waals surface area (Å²) in [6.45, 7) is 0. The number of aldehydes is 1. The van der Waals surface area contributed by atoms with Crippen LogP contribution in [0.15, 0.2) is 54.6 Å². The molecule has 3 heteroatoms. The van der Waals surface area contributed by atoms with Gasteiger partial charge >= 0.3 is 0 Å². The molecule has 1 N–H and O–H groups in total. The summed E-state index contributed by atoms with van der Waals surface area (Å²) in [6, 6.07) is 18.2. The van der Waals surface area contributed by atoms with Crippen LogP contribution in [0.4, 0.5) is 0 Å². The third-order valence-electron chi connectivity index (χ3n) is 4.03. The first-order valence-corrected chi connectivity index (χ1v) is 7.54. The number of phenols is 1. The van der Waals surface area contributed by atoms with Crippen molar-refractivity contribution in [1.82, 2.24) is 0 Å². The molecule has 23 heavy (non-hydrogen) atoms. The molecule has 0 aliphatic carbocycles. The van der Waals surface area contributed by atoms with Gasteiger partial charge in [0.05, 0.1) is 12.7 Å². The Labute approximate surface area is 135 Å². The van der Waals surface area contributed by atoms with Gasteiger partial charge in [0.2, 0.25) is 0 Å². The van der Waals surface area contributed by atoms with Crippen molar-refractivity contribution >= 4 is 17.1 Å². The normalized spacial score (nSPS) is 10.7. The smallest absolute Gasteiger partial charge is 0.168 e. The van der Waals surface area contributed by atoms with Crippen molar-refractivity contribution in [3.05, 3.63) is 71.3 Å². The Balaban J connectivity index is 1.82. The molecular weight excluding hydrogens is 288 g/mol. The Hall–Kier alpha value is -2.81. The van der Waals surface area contributed by atoms with Gasteiger partial charge in [-0.15, -0.1) is 0 Å². The molecule has 3 nitrogen and oxygen atoms in total. The van der Waals surface area contributed by atoms with Crippen molar-refractivity contribution in [3.8, 4) is 11.5 Å². The minimum absolute atomic E-state index is 0.100. The minimum atomic E-state index is -0.100. The van der Waals surface area contributed by atoms with Crippen LogP contribution >= 0.6 is 0 Å². The van der Waals surface area contributed by atoms with Gasteiger partial charge in [-0.05, 0) is 46.9 Å². The van der Waals surface area contributed by atoms with Crippen LogP contribution in [0.1, 0.15) is 21.5 Å². The number of carbonyl (C=O) groups is 1. The quantitative estimate of drug-likeness (QED) is 0.720. The molecule has 0 aliphatic rings. The van der Waals surface area contributed by atoms with Gasteiger partial charge in [-0.1, -0.05) is 42.5 Å². The zero-order chi connectivity index (χ0) is 16.2. The fourth-order valence-electron chi connectivity index (χ4n) is 2.76. The van der Waals surface area contributed by atoms with Gasteiger partial charge in [0, 0.05) is 0 Å². The molecule has 3 rings (SSSR count). The predicted molar refractivity (Wildman–Crippen MR) is 91.4 cm³/mol. The SMILES string of the molecule is COc1cc(CCc2ccc3ccccc3c2)cc(C=O)c1O. The number of fused-ring (bicyclic) bond motifs is 1. The molecule has 0 heterocycles. The van der Waals surface area contributed by atoms with E-state index < -0.39 is 0 Å². The van der Waals surface area contributed by atoms with E-state index in [1.54, 1.807) is 12.1 Å². The molecule has 0 bridgehead atoms. The van der Waals surface area contributed by atoms with Crippen LogP contribution in [-0.4, -0.2) is 18.5 Å². The molecule has 116 valence electrons. The summed E-state index contributed by atoms with van der Waals surface area (Å²) in [6.07, 6.45) is 2.28. The molecule has 0 unspecified atom stereocenters. The Morgan fingerprint density at radius 1 is 0.957 bits per heavy atom. The van der Waals surface area contributed by atoms with Crippen LogP contribution in [0.5, 0.6) is 11.5 Å². The summed E-state index contributed by atoms with van der Waals surface area (Å²) in [5.74, 6) is 0.236. The number of carbonyl (C=O) groups excluding carboxylic acids is 1. The topological polar surface area (TPSA) is 46.5 Å². The van der Waals surface area contributed by atoms with Gasteiger partial charge in [0.25, 0.3) is 0 Å². The lowest BCUT2D eigenvalue weighted by atomic mass is 9.99. The van der Waals surface area contributed by atoms with Crippen LogP contribution in [0.25, 0.3) is 10.8 Å². The monoisotopic (exact) mass is 306 g/mol. The number of rotatable bonds is 5. The van der Waals surface area contributed by atoms with Gasteiger partial charge in [-0.3, -0.25) is 4.79 Å². The van der Waals surface area contributed by atoms with Gasteiger partial charge in [-0.25, -0.2) is 0 Å². The molecule has 0 saturated carbocycles. The van der Waals surface area contributed by atoms with Crippen molar-refractivity contribution in [2.75, 3.05) is 7.11 Å². The summed E-state index contributed by atoms with van der Waals surface area (Å²) < 4.78 is 5.13. The highest BCUT2D eigenvalue weighted by Crippen LogP contribution is 2.31. The minimum Gasteiger partial charge on any atom is -0.504 e. The van der Waals surface area contributed by atoms with Gasteiger partial charge in [0.1, 0.15) is 0 Å². The summed E-state index contributed by atoms with van der Waals surface area (Å²) >= 11 is 0. The second kappa shape index (κ2) is 6.53. The molecule has 0 aromatic heterocycles. The van der Waals surface area contributed by atoms with E-state index in [1.165, 1.54) is 23.4 Å². The van der Waals surface area contributed by atoms with Crippen LogP contribution < -0.4 is 4.74 Å². The Morgan fingerprint density at radius 2 is 1.70 bits per heavy atom. The summed E-state index contributed by atoms with van der Waals surface area (Å²) in [5.41, 5.74) is 2.47. The van der Waals surface area contributed by atoms with Gasteiger partial charge < -0.3 is 9.84 Å². The molecule has 0 aliphatic heterocycles. The molecule has 3 aromatic carbocycles. The number of ether oxygens (including phenoxy) is 1. The number of methoxy groups -OCH3 is 1. The highest BCUT2D eigenvalue weighted by atomic mass is 16.5. The van der Waals surface area contributed by atoms with Gasteiger partial charge in [-0.2, -0.15) is 0 Å². The number of hydrogen-bond donors (Lipinski definition) is 1. The molecule has 0 fully saturated rings. The van der Waals surface area contributed by atoms with Crippen LogP contribution in [-0.2, 0) is 12.8 Å². The van der Waals surface area contributed by atoms with E-state index in [9.17, 15) is 9.90 Å². The van der Waals surface area contributed by atoms with Crippen molar-refractivity contribution in [2.24, 2.45) is 0 Å². The van der Waals surface area contributed by atoms with E-state index in [1.807, 2.05) is 12.1 Å². The molecule has 0 atom stereocenters. The number of phenolic OH excluding ortho intramolecular Hbond substituents is 1. The fourth-order valence-corrected chi connectivity index (χ4v) is 2.76. The molecule has 0 radical (unpaired) electrons. The van der Waals surface area contributed by atoms with E-state index in [0.717, 1.165) is 18.4 Å². The lowest BCUT2D eigenvalue weighted by Crippen LogP contribution is -1.96. The third kappa shape index (κ3) is 3.19. The summed E-state index contributed by atoms with van der Waals surface area (Å²) in [4.78, 5) is 11.1. The maximum Gasteiger partial charge on any atom is 0.168 e. The van der Waals surface area contributed by atoms with Gasteiger partial charge in [0.15, 0.2) is 17.8 Å². The highest BCUT2D eigenvalue weighted by Gasteiger charge is 2.10. The van der Waals surface area contributed by atoms with Crippen LogP contribution in [0, 0.1) is 0 Å².